The second-order valence-corrected chi connectivity index (χ2v) is 9.86. The summed E-state index contributed by atoms with van der Waals surface area (Å²) in [5, 5.41) is 2.86. The number of benzene rings is 3. The van der Waals surface area contributed by atoms with Crippen molar-refractivity contribution in [1.82, 2.24) is 5.32 Å². The molecule has 0 aliphatic carbocycles. The van der Waals surface area contributed by atoms with Crippen LogP contribution in [0.3, 0.4) is 0 Å². The van der Waals surface area contributed by atoms with Gasteiger partial charge in [-0.3, -0.25) is 9.10 Å². The fourth-order valence-corrected chi connectivity index (χ4v) is 5.09. The maximum atomic E-state index is 13.5. The van der Waals surface area contributed by atoms with E-state index in [1.165, 1.54) is 23.5 Å². The van der Waals surface area contributed by atoms with Crippen LogP contribution < -0.4 is 19.1 Å². The highest BCUT2D eigenvalue weighted by Crippen LogP contribution is 2.38. The number of fused-ring (bicyclic) bond motifs is 1. The second-order valence-electron chi connectivity index (χ2n) is 7.99. The van der Waals surface area contributed by atoms with Crippen molar-refractivity contribution in [3.05, 3.63) is 83.4 Å². The minimum absolute atomic E-state index is 0.107. The minimum atomic E-state index is -3.93. The van der Waals surface area contributed by atoms with Crippen LogP contribution >= 0.6 is 0 Å². The third-order valence-corrected chi connectivity index (χ3v) is 7.31. The fourth-order valence-electron chi connectivity index (χ4n) is 3.61. The van der Waals surface area contributed by atoms with Gasteiger partial charge < -0.3 is 14.8 Å². The molecule has 3 aromatic carbocycles. The highest BCUT2D eigenvalue weighted by Gasteiger charge is 2.37. The Morgan fingerprint density at radius 1 is 1.03 bits per heavy atom. The van der Waals surface area contributed by atoms with E-state index in [2.05, 4.69) is 5.32 Å². The molecule has 0 saturated heterocycles. The number of anilines is 1. The van der Waals surface area contributed by atoms with E-state index in [-0.39, 0.29) is 17.3 Å². The summed E-state index contributed by atoms with van der Waals surface area (Å²) in [4.78, 5) is 13.1. The number of nitrogens with one attached hydrogen (secondary N) is 1. The highest BCUT2D eigenvalue weighted by molar-refractivity contribution is 7.92. The van der Waals surface area contributed by atoms with Gasteiger partial charge in [-0.25, -0.2) is 8.42 Å². The van der Waals surface area contributed by atoms with Crippen LogP contribution in [0.25, 0.3) is 0 Å². The Labute approximate surface area is 194 Å². The number of carbonyl (C=O) groups is 1. The number of methoxy groups -OCH3 is 1. The van der Waals surface area contributed by atoms with Crippen molar-refractivity contribution in [2.75, 3.05) is 18.0 Å². The highest BCUT2D eigenvalue weighted by atomic mass is 32.2. The minimum Gasteiger partial charge on any atom is -0.497 e. The molecule has 0 spiro atoms. The number of amides is 1. The number of nitrogens with zero attached hydrogens (tertiary/aromatic N) is 1. The lowest BCUT2D eigenvalue weighted by Crippen LogP contribution is -2.50. The number of hydrogen-bond acceptors (Lipinski definition) is 5. The molecule has 8 heteroatoms. The fraction of sp³-hybridized carbons (Fsp3) is 0.240. The predicted molar refractivity (Wildman–Crippen MR) is 126 cm³/mol. The van der Waals surface area contributed by atoms with Crippen molar-refractivity contribution in [3.63, 3.8) is 0 Å². The number of hydrogen-bond donors (Lipinski definition) is 1. The van der Waals surface area contributed by atoms with E-state index in [0.717, 1.165) is 16.7 Å². The molecule has 4 rings (SSSR count). The molecule has 0 aromatic heterocycles. The summed E-state index contributed by atoms with van der Waals surface area (Å²) in [6.45, 7) is 4.07. The Morgan fingerprint density at radius 2 is 1.70 bits per heavy atom. The van der Waals surface area contributed by atoms with E-state index in [1.54, 1.807) is 24.3 Å². The van der Waals surface area contributed by atoms with Gasteiger partial charge >= 0.3 is 0 Å². The van der Waals surface area contributed by atoms with Crippen LogP contribution in [0, 0.1) is 13.8 Å². The molecule has 1 aliphatic rings. The molecule has 1 amide bonds. The van der Waals surface area contributed by atoms with Gasteiger partial charge in [0.25, 0.3) is 15.9 Å². The van der Waals surface area contributed by atoms with Gasteiger partial charge in [0.1, 0.15) is 11.5 Å². The molecule has 0 radical (unpaired) electrons. The third-order valence-electron chi connectivity index (χ3n) is 5.51. The zero-order valence-corrected chi connectivity index (χ0v) is 19.6. The summed E-state index contributed by atoms with van der Waals surface area (Å²) in [6.07, 6.45) is -0.988. The molecule has 1 N–H and O–H groups in total. The maximum absolute atomic E-state index is 13.5. The zero-order valence-electron chi connectivity index (χ0n) is 18.7. The van der Waals surface area contributed by atoms with E-state index in [1.807, 2.05) is 44.2 Å². The monoisotopic (exact) mass is 466 g/mol. The Kier molecular flexibility index (Phi) is 6.29. The quantitative estimate of drug-likeness (QED) is 0.600. The first-order valence-corrected chi connectivity index (χ1v) is 12.0. The molecule has 7 nitrogen and oxygen atoms in total. The lowest BCUT2D eigenvalue weighted by Gasteiger charge is -2.35. The van der Waals surface area contributed by atoms with Crippen molar-refractivity contribution in [2.45, 2.75) is 31.4 Å². The van der Waals surface area contributed by atoms with Crippen LogP contribution in [-0.4, -0.2) is 34.1 Å². The first-order valence-electron chi connectivity index (χ1n) is 10.6. The topological polar surface area (TPSA) is 84.9 Å². The summed E-state index contributed by atoms with van der Waals surface area (Å²) >= 11 is 0. The number of aryl methyl sites for hydroxylation is 2. The van der Waals surface area contributed by atoms with Crippen molar-refractivity contribution >= 4 is 21.6 Å². The van der Waals surface area contributed by atoms with E-state index in [4.69, 9.17) is 9.47 Å². The molecule has 1 heterocycles. The van der Waals surface area contributed by atoms with Crippen LogP contribution in [0.1, 0.15) is 16.7 Å². The van der Waals surface area contributed by atoms with E-state index < -0.39 is 16.1 Å². The van der Waals surface area contributed by atoms with Crippen LogP contribution in [0.5, 0.6) is 11.5 Å². The van der Waals surface area contributed by atoms with E-state index in [0.29, 0.717) is 23.7 Å². The van der Waals surface area contributed by atoms with Crippen molar-refractivity contribution in [2.24, 2.45) is 0 Å². The summed E-state index contributed by atoms with van der Waals surface area (Å²) in [6, 6.07) is 19.3. The van der Waals surface area contributed by atoms with Gasteiger partial charge in [-0.2, -0.15) is 0 Å². The Bertz CT molecular complexity index is 1250. The van der Waals surface area contributed by atoms with Gasteiger partial charge in [0.05, 0.1) is 24.2 Å². The molecule has 172 valence electrons. The second kappa shape index (κ2) is 9.15. The Morgan fingerprint density at radius 3 is 2.36 bits per heavy atom. The first-order chi connectivity index (χ1) is 15.8. The Hall–Kier alpha value is -3.52. The van der Waals surface area contributed by atoms with Crippen LogP contribution in [-0.2, 0) is 21.4 Å². The molecular weight excluding hydrogens is 440 g/mol. The molecule has 0 fully saturated rings. The zero-order chi connectivity index (χ0) is 23.6. The van der Waals surface area contributed by atoms with Crippen molar-refractivity contribution < 1.29 is 22.7 Å². The molecule has 0 saturated carbocycles. The van der Waals surface area contributed by atoms with Crippen molar-refractivity contribution in [3.8, 4) is 11.5 Å². The molecule has 33 heavy (non-hydrogen) atoms. The van der Waals surface area contributed by atoms with Gasteiger partial charge in [-0.15, -0.1) is 0 Å². The van der Waals surface area contributed by atoms with Gasteiger partial charge in [0.2, 0.25) is 0 Å². The molecule has 3 aromatic rings. The van der Waals surface area contributed by atoms with E-state index >= 15 is 0 Å². The summed E-state index contributed by atoms with van der Waals surface area (Å²) < 4.78 is 39.3. The van der Waals surface area contributed by atoms with Gasteiger partial charge in [-0.05, 0) is 61.4 Å². The third kappa shape index (κ3) is 4.80. The number of sulfonamides is 1. The molecular formula is C25H26N2O5S. The smallest absolute Gasteiger partial charge is 0.264 e. The standard InChI is InChI=1S/C25H26N2O5S/c1-17-4-7-19(8-5-17)15-26-25(28)24-16-27(22-13-6-18(2)14-23(22)32-24)33(29,30)21-11-9-20(31-3)10-12-21/h4-14,24H,15-16H2,1-3H3,(H,26,28)/t24-/m1/s1. The lowest BCUT2D eigenvalue weighted by molar-refractivity contribution is -0.127. The molecule has 1 atom stereocenters. The van der Waals surface area contributed by atoms with Crippen molar-refractivity contribution in [1.29, 1.82) is 0 Å². The lowest BCUT2D eigenvalue weighted by atomic mass is 10.1. The van der Waals surface area contributed by atoms with Crippen LogP contribution in [0.15, 0.2) is 71.6 Å². The average Bonchev–Trinajstić information content (AvgIpc) is 2.82. The average molecular weight is 467 g/mol. The SMILES string of the molecule is COc1ccc(S(=O)(=O)N2C[C@H](C(=O)NCc3ccc(C)cc3)Oc3cc(C)ccc32)cc1. The number of carbonyl (C=O) groups excluding carboxylic acids is 1. The Balaban J connectivity index is 1.61. The summed E-state index contributed by atoms with van der Waals surface area (Å²) in [7, 11) is -2.42. The number of rotatable bonds is 6. The first kappa shape index (κ1) is 22.7. The normalized spacial score (nSPS) is 15.4. The van der Waals surface area contributed by atoms with Crippen LogP contribution in [0.2, 0.25) is 0 Å². The maximum Gasteiger partial charge on any atom is 0.264 e. The summed E-state index contributed by atoms with van der Waals surface area (Å²) in [5.41, 5.74) is 3.38. The predicted octanol–water partition coefficient (Wildman–Crippen LogP) is 3.58. The molecule has 0 bridgehead atoms. The molecule has 0 unspecified atom stereocenters. The van der Waals surface area contributed by atoms with E-state index in [9.17, 15) is 13.2 Å². The largest absolute Gasteiger partial charge is 0.497 e. The van der Waals surface area contributed by atoms with Crippen LogP contribution in [0.4, 0.5) is 5.69 Å². The number of ether oxygens (including phenoxy) is 2. The van der Waals surface area contributed by atoms with Gasteiger partial charge in [0.15, 0.2) is 6.10 Å². The summed E-state index contributed by atoms with van der Waals surface area (Å²) in [5.74, 6) is 0.534. The van der Waals surface area contributed by atoms with Gasteiger partial charge in [-0.1, -0.05) is 35.9 Å². The molecule has 1 aliphatic heterocycles. The van der Waals surface area contributed by atoms with Gasteiger partial charge in [0, 0.05) is 6.54 Å².